The van der Waals surface area contributed by atoms with Gasteiger partial charge in [-0.3, -0.25) is 9.59 Å². The molecule has 23 heavy (non-hydrogen) atoms. The fourth-order valence-corrected chi connectivity index (χ4v) is 1.97. The lowest BCUT2D eigenvalue weighted by Gasteiger charge is -2.08. The van der Waals surface area contributed by atoms with E-state index < -0.39 is 17.6 Å². The Morgan fingerprint density at radius 2 is 1.83 bits per heavy atom. The number of carbonyl (C=O) groups excluding carboxylic acids is 1. The lowest BCUT2D eigenvalue weighted by Crippen LogP contribution is -2.27. The van der Waals surface area contributed by atoms with Crippen molar-refractivity contribution in [3.63, 3.8) is 0 Å². The van der Waals surface area contributed by atoms with Gasteiger partial charge in [-0.25, -0.2) is 0 Å². The van der Waals surface area contributed by atoms with Gasteiger partial charge in [-0.2, -0.15) is 13.2 Å². The normalized spacial score (nSPS) is 11.3. The number of nitrogens with one attached hydrogen (secondary N) is 1. The quantitative estimate of drug-likeness (QED) is 0.939. The SMILES string of the molecule is Cn1ccc(C(=O)NCCc2ccc(C(F)(F)F)cc2)cc1=O. The zero-order valence-electron chi connectivity index (χ0n) is 12.4. The van der Waals surface area contributed by atoms with E-state index in [-0.39, 0.29) is 17.7 Å². The second-order valence-corrected chi connectivity index (χ2v) is 5.07. The van der Waals surface area contributed by atoms with E-state index in [1.54, 1.807) is 7.05 Å². The zero-order valence-corrected chi connectivity index (χ0v) is 12.4. The van der Waals surface area contributed by atoms with Crippen LogP contribution in [0.25, 0.3) is 0 Å². The van der Waals surface area contributed by atoms with Crippen molar-refractivity contribution in [2.75, 3.05) is 6.54 Å². The van der Waals surface area contributed by atoms with Crippen LogP contribution in [0.3, 0.4) is 0 Å². The Hall–Kier alpha value is -2.57. The van der Waals surface area contributed by atoms with Crippen LogP contribution in [0.1, 0.15) is 21.5 Å². The molecule has 0 atom stereocenters. The molecule has 4 nitrogen and oxygen atoms in total. The zero-order chi connectivity index (χ0) is 17.0. The fourth-order valence-electron chi connectivity index (χ4n) is 1.97. The van der Waals surface area contributed by atoms with Crippen LogP contribution in [0, 0.1) is 0 Å². The Morgan fingerprint density at radius 3 is 2.39 bits per heavy atom. The van der Waals surface area contributed by atoms with E-state index in [2.05, 4.69) is 5.32 Å². The van der Waals surface area contributed by atoms with Crippen LogP contribution in [0.4, 0.5) is 13.2 Å². The molecule has 7 heteroatoms. The van der Waals surface area contributed by atoms with E-state index in [4.69, 9.17) is 0 Å². The highest BCUT2D eigenvalue weighted by Gasteiger charge is 2.29. The van der Waals surface area contributed by atoms with Crippen molar-refractivity contribution in [1.29, 1.82) is 0 Å². The number of pyridine rings is 1. The molecule has 0 aliphatic heterocycles. The van der Waals surface area contributed by atoms with Crippen LogP contribution in [0.5, 0.6) is 0 Å². The first-order valence-corrected chi connectivity index (χ1v) is 6.88. The number of hydrogen-bond acceptors (Lipinski definition) is 2. The molecule has 0 fully saturated rings. The maximum absolute atomic E-state index is 12.4. The number of carbonyl (C=O) groups is 1. The highest BCUT2D eigenvalue weighted by atomic mass is 19.4. The lowest BCUT2D eigenvalue weighted by atomic mass is 10.1. The molecule has 1 heterocycles. The third-order valence-electron chi connectivity index (χ3n) is 3.35. The van der Waals surface area contributed by atoms with Crippen LogP contribution in [0.15, 0.2) is 47.4 Å². The first-order chi connectivity index (χ1) is 10.8. The van der Waals surface area contributed by atoms with Crippen LogP contribution in [-0.4, -0.2) is 17.0 Å². The molecule has 2 aromatic rings. The van der Waals surface area contributed by atoms with E-state index in [0.717, 1.165) is 12.1 Å². The second kappa shape index (κ2) is 6.68. The maximum atomic E-state index is 12.4. The van der Waals surface area contributed by atoms with Gasteiger partial charge in [0.15, 0.2) is 0 Å². The molecule has 0 spiro atoms. The lowest BCUT2D eigenvalue weighted by molar-refractivity contribution is -0.137. The van der Waals surface area contributed by atoms with Crippen molar-refractivity contribution in [2.45, 2.75) is 12.6 Å². The van der Waals surface area contributed by atoms with Crippen LogP contribution >= 0.6 is 0 Å². The van der Waals surface area contributed by atoms with Crippen molar-refractivity contribution in [1.82, 2.24) is 9.88 Å². The highest BCUT2D eigenvalue weighted by Crippen LogP contribution is 2.29. The Labute approximate surface area is 130 Å². The van der Waals surface area contributed by atoms with Crippen molar-refractivity contribution < 1.29 is 18.0 Å². The van der Waals surface area contributed by atoms with E-state index >= 15 is 0 Å². The van der Waals surface area contributed by atoms with Gasteiger partial charge in [0.05, 0.1) is 5.56 Å². The molecule has 0 radical (unpaired) electrons. The first kappa shape index (κ1) is 16.8. The van der Waals surface area contributed by atoms with Crippen LogP contribution in [-0.2, 0) is 19.6 Å². The molecule has 0 unspecified atom stereocenters. The molecule has 1 amide bonds. The molecule has 0 aliphatic carbocycles. The number of amides is 1. The summed E-state index contributed by atoms with van der Waals surface area (Å²) in [6, 6.07) is 7.54. The van der Waals surface area contributed by atoms with Gasteiger partial charge in [-0.15, -0.1) is 0 Å². The van der Waals surface area contributed by atoms with Crippen LogP contribution in [0.2, 0.25) is 0 Å². The third-order valence-corrected chi connectivity index (χ3v) is 3.35. The second-order valence-electron chi connectivity index (χ2n) is 5.07. The summed E-state index contributed by atoms with van der Waals surface area (Å²) in [7, 11) is 1.58. The highest BCUT2D eigenvalue weighted by molar-refractivity contribution is 5.93. The van der Waals surface area contributed by atoms with Crippen molar-refractivity contribution >= 4 is 5.91 Å². The van der Waals surface area contributed by atoms with Crippen molar-refractivity contribution in [3.8, 4) is 0 Å². The van der Waals surface area contributed by atoms with Gasteiger partial charge in [-0.1, -0.05) is 12.1 Å². The monoisotopic (exact) mass is 324 g/mol. The predicted octanol–water partition coefficient (Wildman–Crippen LogP) is 2.38. The van der Waals surface area contributed by atoms with E-state index in [9.17, 15) is 22.8 Å². The average Bonchev–Trinajstić information content (AvgIpc) is 2.49. The molecule has 1 aromatic carbocycles. The molecule has 0 saturated heterocycles. The predicted molar refractivity (Wildman–Crippen MR) is 79.2 cm³/mol. The molecule has 0 aliphatic rings. The molecular formula is C16H15F3N2O2. The maximum Gasteiger partial charge on any atom is 0.416 e. The Kier molecular flexibility index (Phi) is 4.88. The minimum absolute atomic E-state index is 0.250. The number of benzene rings is 1. The molecule has 0 bridgehead atoms. The Morgan fingerprint density at radius 1 is 1.17 bits per heavy atom. The van der Waals surface area contributed by atoms with Gasteiger partial charge in [-0.05, 0) is 30.2 Å². The summed E-state index contributed by atoms with van der Waals surface area (Å²) in [6.45, 7) is 0.263. The summed E-state index contributed by atoms with van der Waals surface area (Å²) in [5, 5.41) is 2.63. The summed E-state index contributed by atoms with van der Waals surface area (Å²) >= 11 is 0. The molecule has 1 aromatic heterocycles. The number of halogens is 3. The van der Waals surface area contributed by atoms with Gasteiger partial charge in [0, 0.05) is 31.4 Å². The Balaban J connectivity index is 1.90. The van der Waals surface area contributed by atoms with E-state index in [0.29, 0.717) is 12.0 Å². The number of rotatable bonds is 4. The third kappa shape index (κ3) is 4.45. The number of nitrogens with zero attached hydrogens (tertiary/aromatic N) is 1. The molecule has 2 rings (SSSR count). The van der Waals surface area contributed by atoms with E-state index in [1.807, 2.05) is 0 Å². The minimum atomic E-state index is -4.35. The fraction of sp³-hybridized carbons (Fsp3) is 0.250. The minimum Gasteiger partial charge on any atom is -0.352 e. The van der Waals surface area contributed by atoms with Crippen molar-refractivity contribution in [3.05, 3.63) is 69.6 Å². The van der Waals surface area contributed by atoms with Crippen LogP contribution < -0.4 is 10.9 Å². The Bertz CT molecular complexity index is 749. The van der Waals surface area contributed by atoms with E-state index in [1.165, 1.54) is 35.0 Å². The van der Waals surface area contributed by atoms with Gasteiger partial charge >= 0.3 is 6.18 Å². The van der Waals surface area contributed by atoms with Gasteiger partial charge in [0.1, 0.15) is 0 Å². The van der Waals surface area contributed by atoms with Gasteiger partial charge < -0.3 is 9.88 Å². The molecular weight excluding hydrogens is 309 g/mol. The van der Waals surface area contributed by atoms with Gasteiger partial charge in [0.2, 0.25) is 0 Å². The topological polar surface area (TPSA) is 51.1 Å². The summed E-state index contributed by atoms with van der Waals surface area (Å²) < 4.78 is 38.7. The molecule has 122 valence electrons. The number of aryl methyl sites for hydroxylation is 1. The number of hydrogen-bond donors (Lipinski definition) is 1. The number of aromatic nitrogens is 1. The largest absolute Gasteiger partial charge is 0.416 e. The average molecular weight is 324 g/mol. The van der Waals surface area contributed by atoms with Crippen molar-refractivity contribution in [2.24, 2.45) is 7.05 Å². The summed E-state index contributed by atoms with van der Waals surface area (Å²) in [6.07, 6.45) is -2.46. The number of alkyl halides is 3. The standard InChI is InChI=1S/C16H15F3N2O2/c1-21-9-7-12(10-14(21)22)15(23)20-8-6-11-2-4-13(5-3-11)16(17,18)19/h2-5,7,9-10H,6,8H2,1H3,(H,20,23). The summed E-state index contributed by atoms with van der Waals surface area (Å²) in [5.74, 6) is -0.394. The molecule has 0 saturated carbocycles. The summed E-state index contributed by atoms with van der Waals surface area (Å²) in [5.41, 5.74) is -0.0615. The summed E-state index contributed by atoms with van der Waals surface area (Å²) in [4.78, 5) is 23.3. The molecule has 1 N–H and O–H groups in total. The first-order valence-electron chi connectivity index (χ1n) is 6.88. The van der Waals surface area contributed by atoms with Gasteiger partial charge in [0.25, 0.3) is 11.5 Å². The smallest absolute Gasteiger partial charge is 0.352 e.